The van der Waals surface area contributed by atoms with Gasteiger partial charge >= 0.3 is 0 Å². The number of hydrogen-bond donors (Lipinski definition) is 2. The van der Waals surface area contributed by atoms with Crippen LogP contribution in [0.2, 0.25) is 0 Å². The molecule has 2 rings (SSSR count). The monoisotopic (exact) mass is 400 g/mol. The number of nitrogens with one attached hydrogen (secondary N) is 2. The molecule has 25 heavy (non-hydrogen) atoms. The van der Waals surface area contributed by atoms with E-state index in [0.29, 0.717) is 10.8 Å². The van der Waals surface area contributed by atoms with Gasteiger partial charge in [0.25, 0.3) is 0 Å². The number of aliphatic imine (C=N–C) groups is 1. The summed E-state index contributed by atoms with van der Waals surface area (Å²) >= 11 is 2.96. The quantitative estimate of drug-likeness (QED) is 0.385. The highest BCUT2D eigenvalue weighted by Crippen LogP contribution is 2.14. The molecule has 0 fully saturated rings. The molecule has 2 N–H and O–H groups in total. The van der Waals surface area contributed by atoms with Gasteiger partial charge < -0.3 is 10.2 Å². The molecule has 0 atom stereocenters. The minimum absolute atomic E-state index is 0.272. The van der Waals surface area contributed by atoms with Crippen molar-refractivity contribution in [2.24, 2.45) is 4.99 Å². The van der Waals surface area contributed by atoms with Crippen molar-refractivity contribution in [2.75, 3.05) is 33.2 Å². The molecule has 0 spiro atoms. The molecule has 0 aliphatic rings. The molecular formula is C16H24N4O2S3. The first-order valence-corrected chi connectivity index (χ1v) is 11.3. The minimum atomic E-state index is -3.42. The standard InChI is InChI=1S/C16H24N4O2S3/c1-3-17-16(20(2)11-8-14-6-4-12-23-14)18-9-10-19-25(21,22)15-7-5-13-24-15/h4-7,12-13,19H,3,8-11H2,1-2H3,(H,17,18). The van der Waals surface area contributed by atoms with Crippen molar-refractivity contribution in [3.8, 4) is 0 Å². The van der Waals surface area contributed by atoms with Crippen LogP contribution in [0, 0.1) is 0 Å². The summed E-state index contributed by atoms with van der Waals surface area (Å²) in [5.74, 6) is 0.786. The van der Waals surface area contributed by atoms with Crippen molar-refractivity contribution >= 4 is 38.7 Å². The predicted octanol–water partition coefficient (Wildman–Crippen LogP) is 2.23. The van der Waals surface area contributed by atoms with Gasteiger partial charge in [-0.2, -0.15) is 0 Å². The minimum Gasteiger partial charge on any atom is -0.357 e. The summed E-state index contributed by atoms with van der Waals surface area (Å²) < 4.78 is 27.0. The smallest absolute Gasteiger partial charge is 0.250 e. The lowest BCUT2D eigenvalue weighted by Gasteiger charge is -2.21. The first-order chi connectivity index (χ1) is 12.0. The van der Waals surface area contributed by atoms with Gasteiger partial charge in [-0.05, 0) is 36.2 Å². The van der Waals surface area contributed by atoms with Crippen LogP contribution >= 0.6 is 22.7 Å². The molecule has 0 radical (unpaired) electrons. The van der Waals surface area contributed by atoms with Gasteiger partial charge in [0, 0.05) is 31.6 Å². The fourth-order valence-electron chi connectivity index (χ4n) is 2.14. The highest BCUT2D eigenvalue weighted by molar-refractivity contribution is 7.91. The highest BCUT2D eigenvalue weighted by Gasteiger charge is 2.14. The van der Waals surface area contributed by atoms with E-state index >= 15 is 0 Å². The normalized spacial score (nSPS) is 12.3. The third kappa shape index (κ3) is 6.43. The molecule has 2 aromatic heterocycles. The molecule has 0 aromatic carbocycles. The molecule has 0 aliphatic carbocycles. The van der Waals surface area contributed by atoms with Crippen molar-refractivity contribution in [3.63, 3.8) is 0 Å². The first-order valence-electron chi connectivity index (χ1n) is 8.08. The van der Waals surface area contributed by atoms with E-state index < -0.39 is 10.0 Å². The number of likely N-dealkylation sites (N-methyl/N-ethyl adjacent to an activating group) is 1. The molecule has 9 heteroatoms. The second kappa shape index (κ2) is 9.91. The summed E-state index contributed by atoms with van der Waals surface area (Å²) in [5, 5.41) is 7.07. The Hall–Kier alpha value is -1.42. The maximum Gasteiger partial charge on any atom is 0.250 e. The van der Waals surface area contributed by atoms with E-state index in [1.54, 1.807) is 28.8 Å². The predicted molar refractivity (Wildman–Crippen MR) is 106 cm³/mol. The molecule has 0 amide bonds. The molecule has 2 aromatic rings. The lowest BCUT2D eigenvalue weighted by atomic mass is 10.3. The van der Waals surface area contributed by atoms with Crippen LogP contribution in [0.4, 0.5) is 0 Å². The van der Waals surface area contributed by atoms with Crippen LogP contribution in [0.15, 0.2) is 44.2 Å². The summed E-state index contributed by atoms with van der Waals surface area (Å²) in [7, 11) is -1.43. The van der Waals surface area contributed by atoms with Gasteiger partial charge in [0.2, 0.25) is 10.0 Å². The maximum atomic E-state index is 12.1. The average Bonchev–Trinajstić information content (AvgIpc) is 3.29. The van der Waals surface area contributed by atoms with Crippen molar-refractivity contribution in [2.45, 2.75) is 17.6 Å². The molecular weight excluding hydrogens is 376 g/mol. The molecule has 0 bridgehead atoms. The van der Waals surface area contributed by atoms with Gasteiger partial charge in [0.15, 0.2) is 5.96 Å². The van der Waals surface area contributed by atoms with Crippen LogP contribution in [0.25, 0.3) is 0 Å². The van der Waals surface area contributed by atoms with Gasteiger partial charge in [-0.1, -0.05) is 12.1 Å². The number of hydrogen-bond acceptors (Lipinski definition) is 5. The molecule has 2 heterocycles. The van der Waals surface area contributed by atoms with E-state index in [2.05, 4.69) is 37.4 Å². The molecule has 0 saturated heterocycles. The summed E-state index contributed by atoms with van der Waals surface area (Å²) in [6.07, 6.45) is 0.962. The summed E-state index contributed by atoms with van der Waals surface area (Å²) in [4.78, 5) is 7.91. The Morgan fingerprint density at radius 1 is 1.24 bits per heavy atom. The van der Waals surface area contributed by atoms with Crippen molar-refractivity contribution in [1.29, 1.82) is 0 Å². The number of guanidine groups is 1. The van der Waals surface area contributed by atoms with Crippen LogP contribution in [-0.4, -0.2) is 52.5 Å². The van der Waals surface area contributed by atoms with Gasteiger partial charge in [0.05, 0.1) is 6.54 Å². The Labute approximate surface area is 157 Å². The lowest BCUT2D eigenvalue weighted by Crippen LogP contribution is -2.40. The number of nitrogens with zero attached hydrogens (tertiary/aromatic N) is 2. The molecule has 0 unspecified atom stereocenters. The number of sulfonamides is 1. The zero-order valence-corrected chi connectivity index (χ0v) is 16.9. The van der Waals surface area contributed by atoms with E-state index in [4.69, 9.17) is 0 Å². The van der Waals surface area contributed by atoms with E-state index in [0.717, 1.165) is 25.5 Å². The fraction of sp³-hybridized carbons (Fsp3) is 0.438. The molecule has 138 valence electrons. The van der Waals surface area contributed by atoms with Crippen molar-refractivity contribution in [1.82, 2.24) is 14.9 Å². The lowest BCUT2D eigenvalue weighted by molar-refractivity contribution is 0.486. The van der Waals surface area contributed by atoms with Crippen molar-refractivity contribution < 1.29 is 8.42 Å². The SMILES string of the molecule is CCNC(=NCCNS(=O)(=O)c1cccs1)N(C)CCc1cccs1. The number of thiophene rings is 2. The van der Waals surface area contributed by atoms with Crippen LogP contribution in [0.5, 0.6) is 0 Å². The highest BCUT2D eigenvalue weighted by atomic mass is 32.2. The summed E-state index contributed by atoms with van der Waals surface area (Å²) in [6, 6.07) is 7.50. The largest absolute Gasteiger partial charge is 0.357 e. The van der Waals surface area contributed by atoms with Gasteiger partial charge in [-0.25, -0.2) is 13.1 Å². The zero-order chi connectivity index (χ0) is 18.1. The fourth-order valence-corrected chi connectivity index (χ4v) is 4.89. The van der Waals surface area contributed by atoms with Gasteiger partial charge in [-0.3, -0.25) is 4.99 Å². The Morgan fingerprint density at radius 2 is 2.00 bits per heavy atom. The van der Waals surface area contributed by atoms with Gasteiger partial charge in [-0.15, -0.1) is 22.7 Å². The topological polar surface area (TPSA) is 73.8 Å². The van der Waals surface area contributed by atoms with Crippen LogP contribution in [-0.2, 0) is 16.4 Å². The summed E-state index contributed by atoms with van der Waals surface area (Å²) in [5.41, 5.74) is 0. The first kappa shape index (κ1) is 19.9. The second-order valence-electron chi connectivity index (χ2n) is 5.32. The Bertz CT molecular complexity index is 740. The van der Waals surface area contributed by atoms with E-state index in [1.807, 2.05) is 14.0 Å². The summed E-state index contributed by atoms with van der Waals surface area (Å²) in [6.45, 7) is 4.29. The molecule has 0 aliphatic heterocycles. The molecule has 0 saturated carbocycles. The van der Waals surface area contributed by atoms with E-state index in [1.165, 1.54) is 16.2 Å². The Balaban J connectivity index is 1.84. The molecule has 6 nitrogen and oxygen atoms in total. The maximum absolute atomic E-state index is 12.1. The van der Waals surface area contributed by atoms with Crippen LogP contribution in [0.3, 0.4) is 0 Å². The Kier molecular flexibility index (Phi) is 7.89. The van der Waals surface area contributed by atoms with E-state index in [-0.39, 0.29) is 6.54 Å². The average molecular weight is 401 g/mol. The van der Waals surface area contributed by atoms with Crippen molar-refractivity contribution in [3.05, 3.63) is 39.9 Å². The zero-order valence-electron chi connectivity index (χ0n) is 14.4. The van der Waals surface area contributed by atoms with Crippen LogP contribution < -0.4 is 10.0 Å². The van der Waals surface area contributed by atoms with E-state index in [9.17, 15) is 8.42 Å². The second-order valence-corrected chi connectivity index (χ2v) is 9.29. The van der Waals surface area contributed by atoms with Gasteiger partial charge in [0.1, 0.15) is 4.21 Å². The third-order valence-corrected chi connectivity index (χ3v) is 7.19. The third-order valence-electron chi connectivity index (χ3n) is 3.40. The number of rotatable bonds is 9. The van der Waals surface area contributed by atoms with Crippen LogP contribution in [0.1, 0.15) is 11.8 Å². The Morgan fingerprint density at radius 3 is 2.64 bits per heavy atom.